The fourth-order valence-electron chi connectivity index (χ4n) is 2.46. The SMILES string of the molecule is C=C(C)CC(NC(=C)NC1CC(=C)CC1=C)C(=C)CC. The van der Waals surface area contributed by atoms with Crippen molar-refractivity contribution in [3.05, 3.63) is 61.0 Å². The van der Waals surface area contributed by atoms with Crippen molar-refractivity contribution in [3.63, 3.8) is 0 Å². The lowest BCUT2D eigenvalue weighted by Gasteiger charge is -2.26. The highest BCUT2D eigenvalue weighted by molar-refractivity contribution is 5.27. The summed E-state index contributed by atoms with van der Waals surface area (Å²) in [6.45, 7) is 24.5. The van der Waals surface area contributed by atoms with Crippen molar-refractivity contribution >= 4 is 0 Å². The van der Waals surface area contributed by atoms with Crippen LogP contribution in [-0.4, -0.2) is 12.1 Å². The van der Waals surface area contributed by atoms with Crippen LogP contribution in [0.4, 0.5) is 0 Å². The van der Waals surface area contributed by atoms with Gasteiger partial charge in [0.15, 0.2) is 0 Å². The zero-order valence-electron chi connectivity index (χ0n) is 13.0. The van der Waals surface area contributed by atoms with E-state index in [0.29, 0.717) is 0 Å². The van der Waals surface area contributed by atoms with E-state index in [1.807, 2.05) is 6.92 Å². The molecule has 0 aliphatic heterocycles. The highest BCUT2D eigenvalue weighted by Crippen LogP contribution is 2.27. The van der Waals surface area contributed by atoms with E-state index in [9.17, 15) is 0 Å². The lowest BCUT2D eigenvalue weighted by Crippen LogP contribution is -2.39. The van der Waals surface area contributed by atoms with Gasteiger partial charge in [0.25, 0.3) is 0 Å². The lowest BCUT2D eigenvalue weighted by atomic mass is 10.00. The second kappa shape index (κ2) is 7.18. The molecule has 2 heteroatoms. The molecule has 0 radical (unpaired) electrons. The summed E-state index contributed by atoms with van der Waals surface area (Å²) in [6, 6.07) is 0.443. The van der Waals surface area contributed by atoms with Gasteiger partial charge in [-0.2, -0.15) is 0 Å². The third kappa shape index (κ3) is 4.76. The van der Waals surface area contributed by atoms with Crippen molar-refractivity contribution in [1.29, 1.82) is 0 Å². The van der Waals surface area contributed by atoms with E-state index < -0.39 is 0 Å². The largest absolute Gasteiger partial charge is 0.366 e. The van der Waals surface area contributed by atoms with E-state index in [4.69, 9.17) is 0 Å². The smallest absolute Gasteiger partial charge is 0.0922 e. The average Bonchev–Trinajstić information content (AvgIpc) is 2.65. The predicted molar refractivity (Wildman–Crippen MR) is 89.4 cm³/mol. The minimum atomic E-state index is 0.190. The van der Waals surface area contributed by atoms with Gasteiger partial charge in [0.2, 0.25) is 0 Å². The Morgan fingerprint density at radius 1 is 1.30 bits per heavy atom. The monoisotopic (exact) mass is 272 g/mol. The highest BCUT2D eigenvalue weighted by atomic mass is 15.1. The molecular weight excluding hydrogens is 244 g/mol. The van der Waals surface area contributed by atoms with Crippen molar-refractivity contribution in [3.8, 4) is 0 Å². The van der Waals surface area contributed by atoms with Crippen molar-refractivity contribution in [2.75, 3.05) is 0 Å². The van der Waals surface area contributed by atoms with Crippen molar-refractivity contribution < 1.29 is 0 Å². The van der Waals surface area contributed by atoms with Gasteiger partial charge in [-0.25, -0.2) is 0 Å². The normalized spacial score (nSPS) is 19.6. The Balaban J connectivity index is 2.57. The van der Waals surface area contributed by atoms with Gasteiger partial charge in [0.05, 0.1) is 17.9 Å². The summed E-state index contributed by atoms with van der Waals surface area (Å²) in [4.78, 5) is 0. The molecule has 1 fully saturated rings. The maximum absolute atomic E-state index is 4.13. The quantitative estimate of drug-likeness (QED) is 0.647. The fourth-order valence-corrected chi connectivity index (χ4v) is 2.46. The molecule has 20 heavy (non-hydrogen) atoms. The number of hydrogen-bond acceptors (Lipinski definition) is 2. The van der Waals surface area contributed by atoms with Gasteiger partial charge in [0.1, 0.15) is 0 Å². The standard InChI is InChI=1S/C18H28N2/c1-8-14(5)17(9-12(2)3)19-16(7)20-18-11-13(4)10-15(18)6/h17-20H,2,4-11H2,1,3H3. The first-order chi connectivity index (χ1) is 9.33. The summed E-state index contributed by atoms with van der Waals surface area (Å²) < 4.78 is 0. The molecule has 110 valence electrons. The first-order valence-electron chi connectivity index (χ1n) is 7.21. The number of rotatable bonds is 8. The van der Waals surface area contributed by atoms with Crippen LogP contribution in [0.15, 0.2) is 61.0 Å². The maximum atomic E-state index is 4.13. The third-order valence-electron chi connectivity index (χ3n) is 3.66. The van der Waals surface area contributed by atoms with Gasteiger partial charge in [-0.1, -0.05) is 55.5 Å². The van der Waals surface area contributed by atoms with E-state index >= 15 is 0 Å². The van der Waals surface area contributed by atoms with Crippen molar-refractivity contribution in [2.45, 2.75) is 51.6 Å². The zero-order valence-corrected chi connectivity index (χ0v) is 13.0. The van der Waals surface area contributed by atoms with E-state index in [0.717, 1.165) is 37.1 Å². The van der Waals surface area contributed by atoms with E-state index in [-0.39, 0.29) is 12.1 Å². The molecule has 0 amide bonds. The summed E-state index contributed by atoms with van der Waals surface area (Å²) in [6.07, 6.45) is 3.69. The number of hydrogen-bond donors (Lipinski definition) is 2. The summed E-state index contributed by atoms with van der Waals surface area (Å²) in [5, 5.41) is 6.83. The summed E-state index contributed by atoms with van der Waals surface area (Å²) in [7, 11) is 0. The Morgan fingerprint density at radius 3 is 2.40 bits per heavy atom. The van der Waals surface area contributed by atoms with Gasteiger partial charge in [-0.05, 0) is 32.6 Å². The topological polar surface area (TPSA) is 24.1 Å². The van der Waals surface area contributed by atoms with Gasteiger partial charge in [-0.3, -0.25) is 0 Å². The molecule has 2 nitrogen and oxygen atoms in total. The molecule has 2 N–H and O–H groups in total. The molecule has 0 aromatic carbocycles. The van der Waals surface area contributed by atoms with Crippen LogP contribution in [0, 0.1) is 0 Å². The van der Waals surface area contributed by atoms with Gasteiger partial charge < -0.3 is 10.6 Å². The van der Waals surface area contributed by atoms with Crippen LogP contribution in [0.25, 0.3) is 0 Å². The van der Waals surface area contributed by atoms with Crippen LogP contribution in [0.3, 0.4) is 0 Å². The maximum Gasteiger partial charge on any atom is 0.0922 e. The molecule has 1 rings (SSSR count). The van der Waals surface area contributed by atoms with Crippen molar-refractivity contribution in [2.24, 2.45) is 0 Å². The summed E-state index contributed by atoms with van der Waals surface area (Å²) in [5.74, 6) is 0.826. The Labute approximate surface area is 124 Å². The molecule has 1 aliphatic rings. The molecule has 1 saturated carbocycles. The summed E-state index contributed by atoms with van der Waals surface area (Å²) >= 11 is 0. The summed E-state index contributed by atoms with van der Waals surface area (Å²) in [5.41, 5.74) is 4.73. The molecule has 1 aliphatic carbocycles. The van der Waals surface area contributed by atoms with Crippen LogP contribution >= 0.6 is 0 Å². The Hall–Kier alpha value is -1.70. The second-order valence-corrected chi connectivity index (χ2v) is 5.83. The second-order valence-electron chi connectivity index (χ2n) is 5.83. The van der Waals surface area contributed by atoms with Gasteiger partial charge in [0, 0.05) is 0 Å². The predicted octanol–water partition coefficient (Wildman–Crippen LogP) is 4.21. The average molecular weight is 272 g/mol. The Morgan fingerprint density at radius 2 is 1.95 bits per heavy atom. The fraction of sp³-hybridized carbons (Fsp3) is 0.444. The van der Waals surface area contributed by atoms with Crippen LogP contribution in [0.2, 0.25) is 0 Å². The van der Waals surface area contributed by atoms with Gasteiger partial charge in [-0.15, -0.1) is 6.58 Å². The molecule has 2 atom stereocenters. The van der Waals surface area contributed by atoms with Gasteiger partial charge >= 0.3 is 0 Å². The number of nitrogens with one attached hydrogen (secondary N) is 2. The zero-order chi connectivity index (χ0) is 15.3. The van der Waals surface area contributed by atoms with Crippen LogP contribution in [0.1, 0.15) is 39.5 Å². The van der Waals surface area contributed by atoms with Crippen LogP contribution in [-0.2, 0) is 0 Å². The van der Waals surface area contributed by atoms with E-state index in [1.165, 1.54) is 16.7 Å². The Kier molecular flexibility index (Phi) is 5.87. The van der Waals surface area contributed by atoms with Crippen LogP contribution in [0.5, 0.6) is 0 Å². The molecular formula is C18H28N2. The highest BCUT2D eigenvalue weighted by Gasteiger charge is 2.22. The molecule has 0 aromatic rings. The minimum Gasteiger partial charge on any atom is -0.366 e. The molecule has 0 bridgehead atoms. The first-order valence-corrected chi connectivity index (χ1v) is 7.21. The molecule has 0 spiro atoms. The van der Waals surface area contributed by atoms with Crippen molar-refractivity contribution in [1.82, 2.24) is 10.6 Å². The Bertz CT molecular complexity index is 442. The van der Waals surface area contributed by atoms with E-state index in [2.05, 4.69) is 50.5 Å². The molecule has 0 saturated heterocycles. The molecule has 0 heterocycles. The lowest BCUT2D eigenvalue weighted by molar-refractivity contribution is 0.552. The van der Waals surface area contributed by atoms with Crippen LogP contribution < -0.4 is 10.6 Å². The van der Waals surface area contributed by atoms with E-state index in [1.54, 1.807) is 0 Å². The first kappa shape index (κ1) is 16.4. The third-order valence-corrected chi connectivity index (χ3v) is 3.66. The molecule has 0 aromatic heterocycles. The minimum absolute atomic E-state index is 0.190. The molecule has 2 unspecified atom stereocenters.